The van der Waals surface area contributed by atoms with E-state index < -0.39 is 43.4 Å². The molecule has 0 spiro atoms. The summed E-state index contributed by atoms with van der Waals surface area (Å²) < 4.78 is 42.4. The molecule has 0 bridgehead atoms. The predicted molar refractivity (Wildman–Crippen MR) is 222 cm³/mol. The molecule has 7 rings (SSSR count). The van der Waals surface area contributed by atoms with Crippen LogP contribution in [0, 0.1) is 17.2 Å². The Balaban J connectivity index is 1.07. The number of hydrogen-bond donors (Lipinski definition) is 2. The van der Waals surface area contributed by atoms with E-state index in [1.807, 2.05) is 37.3 Å². The fourth-order valence-corrected chi connectivity index (χ4v) is 11.3. The Morgan fingerprint density at radius 3 is 2.44 bits per heavy atom. The van der Waals surface area contributed by atoms with Crippen molar-refractivity contribution >= 4 is 52.6 Å². The average Bonchev–Trinajstić information content (AvgIpc) is 4.00. The van der Waals surface area contributed by atoms with Crippen molar-refractivity contribution in [2.24, 2.45) is 5.92 Å². The minimum Gasteiger partial charge on any atom is -0.465 e. The zero-order chi connectivity index (χ0) is 41.7. The highest BCUT2D eigenvalue weighted by atomic mass is 32.1. The first-order valence-electron chi connectivity index (χ1n) is 20.3. The molecule has 12 nitrogen and oxygen atoms in total. The number of alkyl halides is 1. The Morgan fingerprint density at radius 1 is 0.983 bits per heavy atom. The Labute approximate surface area is 347 Å². The van der Waals surface area contributed by atoms with Crippen LogP contribution in [0.1, 0.15) is 91.4 Å². The van der Waals surface area contributed by atoms with Crippen molar-refractivity contribution < 1.29 is 37.4 Å². The Bertz CT molecular complexity index is 2250. The summed E-state index contributed by atoms with van der Waals surface area (Å²) in [6.07, 6.45) is 4.57. The number of thiophene rings is 1. The topological polar surface area (TPSA) is 158 Å². The highest BCUT2D eigenvalue weighted by molar-refractivity contribution is 7.57. The summed E-state index contributed by atoms with van der Waals surface area (Å²) in [5.41, 5.74) is 1.03. The molecule has 3 fully saturated rings. The van der Waals surface area contributed by atoms with Crippen molar-refractivity contribution in [1.29, 1.82) is 5.26 Å². The second kappa shape index (κ2) is 18.4. The van der Waals surface area contributed by atoms with E-state index in [-0.39, 0.29) is 47.6 Å². The molecular weight excluding hydrogens is 793 g/mol. The maximum Gasteiger partial charge on any atom is 0.355 e. The molecule has 0 saturated carbocycles. The molecule has 3 aliphatic heterocycles. The standard InChI is InChI=1S/C44H49FN5O7PS/c1-3-22-56-44(54)28(2)48-58(55,57-34-15-8-5-9-16-34)40(45)30-18-21-38-31(23-30)24-39(59-38)41(51)47-36-17-11-10-14-33-19-20-37(50(33)42(36)52)43(53)49-26-32(25-46)35(27-49)29-12-6-4-7-13-29/h4-9,12-13,15-16,18,21,23-24,28,32-33,35-37,40H,3,10-11,14,17,19-20,22,26-27H2,1-2H3,(H,47,51)(H,48,55)/t28-,32+,33-,35-,36-,37-,40-,58?/m0/s1. The number of halogens is 1. The summed E-state index contributed by atoms with van der Waals surface area (Å²) in [6, 6.07) is 23.7. The van der Waals surface area contributed by atoms with Crippen molar-refractivity contribution in [1.82, 2.24) is 20.2 Å². The van der Waals surface area contributed by atoms with E-state index in [1.54, 1.807) is 40.1 Å². The van der Waals surface area contributed by atoms with Gasteiger partial charge in [0.2, 0.25) is 17.7 Å². The number of nitrogens with zero attached hydrogens (tertiary/aromatic N) is 3. The van der Waals surface area contributed by atoms with Crippen molar-refractivity contribution in [3.8, 4) is 11.8 Å². The normalized spacial score (nSPS) is 23.9. The summed E-state index contributed by atoms with van der Waals surface area (Å²) in [6.45, 7) is 4.13. The van der Waals surface area contributed by atoms with Gasteiger partial charge in [0.05, 0.1) is 23.5 Å². The lowest BCUT2D eigenvalue weighted by molar-refractivity contribution is -0.146. The van der Waals surface area contributed by atoms with Crippen LogP contribution in [0.3, 0.4) is 0 Å². The van der Waals surface area contributed by atoms with Crippen molar-refractivity contribution in [2.75, 3.05) is 19.7 Å². The fraction of sp³-hybridized carbons (Fsp3) is 0.432. The molecule has 1 aromatic heterocycles. The zero-order valence-corrected chi connectivity index (χ0v) is 34.8. The molecular formula is C44H49FN5O7PS. The van der Waals surface area contributed by atoms with Gasteiger partial charge in [-0.2, -0.15) is 5.26 Å². The third-order valence-corrected chi connectivity index (χ3v) is 14.7. The number of carbonyl (C=O) groups is 4. The predicted octanol–water partition coefficient (Wildman–Crippen LogP) is 7.87. The molecule has 3 saturated heterocycles. The summed E-state index contributed by atoms with van der Waals surface area (Å²) >= 11 is 1.18. The molecule has 310 valence electrons. The number of ether oxygens (including phenoxy) is 1. The monoisotopic (exact) mass is 841 g/mol. The number of carbonyl (C=O) groups excluding carboxylic acids is 4. The van der Waals surface area contributed by atoms with E-state index in [1.165, 1.54) is 42.5 Å². The van der Waals surface area contributed by atoms with Gasteiger partial charge in [-0.1, -0.05) is 74.4 Å². The van der Waals surface area contributed by atoms with Crippen LogP contribution in [-0.4, -0.2) is 77.4 Å². The van der Waals surface area contributed by atoms with Crippen LogP contribution in [0.5, 0.6) is 5.75 Å². The Kier molecular flexibility index (Phi) is 13.1. The summed E-state index contributed by atoms with van der Waals surface area (Å²) in [4.78, 5) is 58.7. The van der Waals surface area contributed by atoms with Gasteiger partial charge in [0.1, 0.15) is 23.9 Å². The lowest BCUT2D eigenvalue weighted by atomic mass is 9.90. The second-order valence-electron chi connectivity index (χ2n) is 15.6. The van der Waals surface area contributed by atoms with E-state index in [9.17, 15) is 29.0 Å². The highest BCUT2D eigenvalue weighted by Crippen LogP contribution is 2.58. The van der Waals surface area contributed by atoms with Crippen LogP contribution < -0.4 is 14.9 Å². The molecule has 2 N–H and O–H groups in total. The zero-order valence-electron chi connectivity index (χ0n) is 33.1. The van der Waals surface area contributed by atoms with Crippen molar-refractivity contribution in [3.05, 3.63) is 101 Å². The second-order valence-corrected chi connectivity index (χ2v) is 18.7. The molecule has 0 aliphatic carbocycles. The lowest BCUT2D eigenvalue weighted by Gasteiger charge is -2.36. The molecule has 4 heterocycles. The first-order valence-corrected chi connectivity index (χ1v) is 22.8. The number of likely N-dealkylation sites (tertiary alicyclic amines) is 1. The third-order valence-electron chi connectivity index (χ3n) is 11.4. The van der Waals surface area contributed by atoms with Crippen LogP contribution in [0.4, 0.5) is 4.39 Å². The SMILES string of the molecule is CCCOC(=O)[C@H](C)NP(=O)(Oc1ccccc1)[C@H](F)c1ccc2sc(C(=O)N[C@H]3CCCC[C@H]4CC[C@@H](C(=O)N5C[C@@H](C#N)[C@H](c6ccccc6)C5)N4C3=O)cc2c1. The van der Waals surface area contributed by atoms with Gasteiger partial charge in [-0.3, -0.25) is 23.7 Å². The smallest absolute Gasteiger partial charge is 0.355 e. The summed E-state index contributed by atoms with van der Waals surface area (Å²) in [7, 11) is -4.45. The first kappa shape index (κ1) is 42.0. The highest BCUT2D eigenvalue weighted by Gasteiger charge is 2.47. The lowest BCUT2D eigenvalue weighted by Crippen LogP contribution is -2.56. The van der Waals surface area contributed by atoms with E-state index >= 15 is 4.39 Å². The van der Waals surface area contributed by atoms with Crippen LogP contribution >= 0.6 is 18.9 Å². The quantitative estimate of drug-likeness (QED) is 0.101. The molecule has 3 aliphatic rings. The Hall–Kier alpha value is -5.09. The molecule has 0 radical (unpaired) electrons. The van der Waals surface area contributed by atoms with Crippen molar-refractivity contribution in [3.63, 3.8) is 0 Å². The summed E-state index contributed by atoms with van der Waals surface area (Å²) in [5, 5.41) is 16.0. The molecule has 3 amide bonds. The van der Waals surface area contributed by atoms with Gasteiger partial charge in [-0.15, -0.1) is 11.3 Å². The Morgan fingerprint density at radius 2 is 1.71 bits per heavy atom. The van der Waals surface area contributed by atoms with Gasteiger partial charge in [0.15, 0.2) is 0 Å². The van der Waals surface area contributed by atoms with Gasteiger partial charge < -0.3 is 24.4 Å². The number of esters is 1. The summed E-state index contributed by atoms with van der Waals surface area (Å²) in [5.74, 6) is -4.11. The van der Waals surface area contributed by atoms with E-state index in [0.717, 1.165) is 24.8 Å². The third kappa shape index (κ3) is 9.23. The van der Waals surface area contributed by atoms with Gasteiger partial charge >= 0.3 is 13.5 Å². The van der Waals surface area contributed by atoms with Gasteiger partial charge in [0.25, 0.3) is 5.91 Å². The molecule has 3 aromatic carbocycles. The fourth-order valence-electron chi connectivity index (χ4n) is 8.45. The number of amides is 3. The van der Waals surface area contributed by atoms with Gasteiger partial charge in [-0.25, -0.2) is 9.48 Å². The van der Waals surface area contributed by atoms with E-state index in [0.29, 0.717) is 53.7 Å². The average molecular weight is 842 g/mol. The van der Waals surface area contributed by atoms with Crippen molar-refractivity contribution in [2.45, 2.75) is 94.8 Å². The van der Waals surface area contributed by atoms with Gasteiger partial charge in [-0.05, 0) is 85.9 Å². The van der Waals surface area contributed by atoms with Crippen LogP contribution in [-0.2, 0) is 23.7 Å². The number of hydrogen-bond acceptors (Lipinski definition) is 9. The molecule has 59 heavy (non-hydrogen) atoms. The first-order chi connectivity index (χ1) is 28.5. The van der Waals surface area contributed by atoms with Crippen LogP contribution in [0.15, 0.2) is 84.9 Å². The number of fused-ring (bicyclic) bond motifs is 2. The van der Waals surface area contributed by atoms with Crippen LogP contribution in [0.2, 0.25) is 0 Å². The molecule has 4 aromatic rings. The van der Waals surface area contributed by atoms with Gasteiger partial charge in [0, 0.05) is 29.7 Å². The maximum absolute atomic E-state index is 16.5. The minimum atomic E-state index is -4.45. The number of para-hydroxylation sites is 1. The molecule has 15 heteroatoms. The number of nitrogens with one attached hydrogen (secondary N) is 2. The van der Waals surface area contributed by atoms with E-state index in [4.69, 9.17) is 9.26 Å². The number of rotatable bonds is 13. The largest absolute Gasteiger partial charge is 0.465 e. The number of benzene rings is 3. The molecule has 1 unspecified atom stereocenters. The minimum absolute atomic E-state index is 0.0170. The molecule has 8 atom stereocenters. The van der Waals surface area contributed by atoms with Crippen LogP contribution in [0.25, 0.3) is 10.1 Å². The van der Waals surface area contributed by atoms with E-state index in [2.05, 4.69) is 16.5 Å². The maximum atomic E-state index is 16.5. The number of nitriles is 1.